The third kappa shape index (κ3) is 1.39. The summed E-state index contributed by atoms with van der Waals surface area (Å²) in [6.07, 6.45) is 3.22. The van der Waals surface area contributed by atoms with Crippen LogP contribution in [0.1, 0.15) is 25.1 Å². The molecule has 1 aliphatic rings. The molecule has 0 aliphatic carbocycles. The second kappa shape index (κ2) is 3.67. The van der Waals surface area contributed by atoms with Crippen molar-refractivity contribution < 1.29 is 0 Å². The van der Waals surface area contributed by atoms with Crippen LogP contribution in [0.3, 0.4) is 0 Å². The number of rotatable bonds is 1. The average Bonchev–Trinajstić information content (AvgIpc) is 2.76. The van der Waals surface area contributed by atoms with E-state index in [-0.39, 0.29) is 0 Å². The SMILES string of the molecule is CC[C@H]1Nc2cc(Br)ccc2-n2cccc21. The molecule has 1 aliphatic heterocycles. The van der Waals surface area contributed by atoms with Crippen LogP contribution in [0.4, 0.5) is 5.69 Å². The van der Waals surface area contributed by atoms with E-state index < -0.39 is 0 Å². The lowest BCUT2D eigenvalue weighted by Crippen LogP contribution is -2.20. The molecule has 16 heavy (non-hydrogen) atoms. The second-order valence-corrected chi connectivity index (χ2v) is 4.99. The highest BCUT2D eigenvalue weighted by Gasteiger charge is 2.21. The Kier molecular flexibility index (Phi) is 2.28. The molecule has 0 bridgehead atoms. The number of aromatic nitrogens is 1. The molecular weight excluding hydrogens is 264 g/mol. The van der Waals surface area contributed by atoms with Crippen molar-refractivity contribution in [1.82, 2.24) is 4.57 Å². The Balaban J connectivity index is 2.21. The van der Waals surface area contributed by atoms with E-state index in [1.807, 2.05) is 0 Å². The highest BCUT2D eigenvalue weighted by molar-refractivity contribution is 9.10. The summed E-state index contributed by atoms with van der Waals surface area (Å²) in [5.74, 6) is 0. The van der Waals surface area contributed by atoms with E-state index in [1.165, 1.54) is 17.1 Å². The summed E-state index contributed by atoms with van der Waals surface area (Å²) >= 11 is 3.51. The first-order valence-electron chi connectivity index (χ1n) is 5.53. The van der Waals surface area contributed by atoms with Crippen molar-refractivity contribution in [2.75, 3.05) is 5.32 Å². The molecule has 0 radical (unpaired) electrons. The summed E-state index contributed by atoms with van der Waals surface area (Å²) < 4.78 is 3.39. The second-order valence-electron chi connectivity index (χ2n) is 4.07. The fourth-order valence-electron chi connectivity index (χ4n) is 2.30. The van der Waals surface area contributed by atoms with Crippen LogP contribution < -0.4 is 5.32 Å². The van der Waals surface area contributed by atoms with E-state index >= 15 is 0 Å². The Morgan fingerprint density at radius 2 is 2.25 bits per heavy atom. The van der Waals surface area contributed by atoms with Gasteiger partial charge in [-0.15, -0.1) is 0 Å². The number of hydrogen-bond donors (Lipinski definition) is 1. The van der Waals surface area contributed by atoms with Crippen molar-refractivity contribution in [3.63, 3.8) is 0 Å². The standard InChI is InChI=1S/C13H13BrN2/c1-2-10-12-4-3-7-16(12)13-6-5-9(14)8-11(13)15-10/h3-8,10,15H,2H2,1H3/t10-/m1/s1. The Hall–Kier alpha value is -1.22. The molecule has 1 aromatic carbocycles. The van der Waals surface area contributed by atoms with Gasteiger partial charge in [0.2, 0.25) is 0 Å². The molecule has 1 aromatic heterocycles. The molecular formula is C13H13BrN2. The first-order chi connectivity index (χ1) is 7.79. The van der Waals surface area contributed by atoms with E-state index in [2.05, 4.69) is 69.3 Å². The molecule has 2 heterocycles. The van der Waals surface area contributed by atoms with Crippen molar-refractivity contribution in [1.29, 1.82) is 0 Å². The zero-order valence-electron chi connectivity index (χ0n) is 9.07. The summed E-state index contributed by atoms with van der Waals surface area (Å²) in [7, 11) is 0. The molecule has 1 atom stereocenters. The highest BCUT2D eigenvalue weighted by Crippen LogP contribution is 2.36. The summed E-state index contributed by atoms with van der Waals surface area (Å²) in [6.45, 7) is 2.21. The number of benzene rings is 1. The molecule has 82 valence electrons. The first-order valence-corrected chi connectivity index (χ1v) is 6.32. The molecule has 2 aromatic rings. The summed E-state index contributed by atoms with van der Waals surface area (Å²) in [4.78, 5) is 0. The van der Waals surface area contributed by atoms with Gasteiger partial charge in [-0.05, 0) is 36.8 Å². The van der Waals surface area contributed by atoms with E-state index in [1.54, 1.807) is 0 Å². The molecule has 0 amide bonds. The summed E-state index contributed by atoms with van der Waals surface area (Å²) in [5.41, 5.74) is 3.77. The Morgan fingerprint density at radius 1 is 1.38 bits per heavy atom. The largest absolute Gasteiger partial charge is 0.375 e. The molecule has 0 saturated carbocycles. The first kappa shape index (κ1) is 9.97. The van der Waals surface area contributed by atoms with Gasteiger partial charge in [0, 0.05) is 16.4 Å². The maximum atomic E-state index is 3.58. The van der Waals surface area contributed by atoms with Crippen LogP contribution in [0.25, 0.3) is 5.69 Å². The van der Waals surface area contributed by atoms with Crippen molar-refractivity contribution >= 4 is 21.6 Å². The zero-order valence-corrected chi connectivity index (χ0v) is 10.7. The number of anilines is 1. The van der Waals surface area contributed by atoms with Crippen LogP contribution in [0.5, 0.6) is 0 Å². The van der Waals surface area contributed by atoms with E-state index in [9.17, 15) is 0 Å². The van der Waals surface area contributed by atoms with Crippen LogP contribution in [0.15, 0.2) is 41.0 Å². The predicted octanol–water partition coefficient (Wildman–Crippen LogP) is 4.12. The van der Waals surface area contributed by atoms with Crippen LogP contribution >= 0.6 is 15.9 Å². The molecule has 3 rings (SSSR count). The summed E-state index contributed by atoms with van der Waals surface area (Å²) in [5, 5.41) is 3.58. The van der Waals surface area contributed by atoms with Crippen molar-refractivity contribution in [3.05, 3.63) is 46.7 Å². The van der Waals surface area contributed by atoms with Crippen LogP contribution in [-0.4, -0.2) is 4.57 Å². The van der Waals surface area contributed by atoms with Gasteiger partial charge >= 0.3 is 0 Å². The fourth-order valence-corrected chi connectivity index (χ4v) is 2.67. The van der Waals surface area contributed by atoms with Gasteiger partial charge in [-0.25, -0.2) is 0 Å². The topological polar surface area (TPSA) is 17.0 Å². The molecule has 1 N–H and O–H groups in total. The monoisotopic (exact) mass is 276 g/mol. The van der Waals surface area contributed by atoms with E-state index in [4.69, 9.17) is 0 Å². The maximum Gasteiger partial charge on any atom is 0.0686 e. The Labute approximate surface area is 103 Å². The molecule has 0 saturated heterocycles. The lowest BCUT2D eigenvalue weighted by molar-refractivity contribution is 0.686. The van der Waals surface area contributed by atoms with Gasteiger partial charge in [-0.1, -0.05) is 22.9 Å². The number of nitrogens with zero attached hydrogens (tertiary/aromatic N) is 1. The fraction of sp³-hybridized carbons (Fsp3) is 0.231. The van der Waals surface area contributed by atoms with Crippen molar-refractivity contribution in [2.24, 2.45) is 0 Å². The lowest BCUT2D eigenvalue weighted by atomic mass is 10.1. The van der Waals surface area contributed by atoms with Gasteiger partial charge in [-0.3, -0.25) is 0 Å². The number of hydrogen-bond acceptors (Lipinski definition) is 1. The van der Waals surface area contributed by atoms with Crippen LogP contribution in [0.2, 0.25) is 0 Å². The van der Waals surface area contributed by atoms with Gasteiger partial charge in [0.05, 0.1) is 17.4 Å². The van der Waals surface area contributed by atoms with Gasteiger partial charge in [-0.2, -0.15) is 0 Å². The van der Waals surface area contributed by atoms with Crippen molar-refractivity contribution in [2.45, 2.75) is 19.4 Å². The quantitative estimate of drug-likeness (QED) is 0.829. The molecule has 0 fully saturated rings. The number of fused-ring (bicyclic) bond motifs is 3. The lowest BCUT2D eigenvalue weighted by Gasteiger charge is -2.28. The third-order valence-electron chi connectivity index (χ3n) is 3.09. The maximum absolute atomic E-state index is 3.58. The molecule has 0 unspecified atom stereocenters. The van der Waals surface area contributed by atoms with Gasteiger partial charge in [0.25, 0.3) is 0 Å². The minimum Gasteiger partial charge on any atom is -0.375 e. The minimum atomic E-state index is 0.414. The zero-order chi connectivity index (χ0) is 11.1. The molecule has 2 nitrogen and oxygen atoms in total. The van der Waals surface area contributed by atoms with Gasteiger partial charge in [0.1, 0.15) is 0 Å². The predicted molar refractivity (Wildman–Crippen MR) is 70.1 cm³/mol. The van der Waals surface area contributed by atoms with Gasteiger partial charge < -0.3 is 9.88 Å². The average molecular weight is 277 g/mol. The summed E-state index contributed by atoms with van der Waals surface area (Å²) in [6, 6.07) is 11.1. The number of nitrogens with one attached hydrogen (secondary N) is 1. The Morgan fingerprint density at radius 3 is 3.06 bits per heavy atom. The third-order valence-corrected chi connectivity index (χ3v) is 3.59. The smallest absolute Gasteiger partial charge is 0.0686 e. The normalized spacial score (nSPS) is 17.5. The van der Waals surface area contributed by atoms with E-state index in [0.717, 1.165) is 10.9 Å². The Bertz CT molecular complexity index is 530. The highest BCUT2D eigenvalue weighted by atomic mass is 79.9. The molecule has 3 heteroatoms. The van der Waals surface area contributed by atoms with Gasteiger partial charge in [0.15, 0.2) is 0 Å². The van der Waals surface area contributed by atoms with Crippen molar-refractivity contribution in [3.8, 4) is 5.69 Å². The van der Waals surface area contributed by atoms with Crippen LogP contribution in [-0.2, 0) is 0 Å². The minimum absolute atomic E-state index is 0.414. The molecule has 0 spiro atoms. The van der Waals surface area contributed by atoms with Crippen LogP contribution in [0, 0.1) is 0 Å². The number of halogens is 1. The van der Waals surface area contributed by atoms with E-state index in [0.29, 0.717) is 6.04 Å².